The molecular formula is C13H14Cl2NOS+. The van der Waals surface area contributed by atoms with Gasteiger partial charge in [-0.1, -0.05) is 29.3 Å². The van der Waals surface area contributed by atoms with E-state index in [2.05, 4.69) is 22.8 Å². The Morgan fingerprint density at radius 3 is 2.78 bits per heavy atom. The molecule has 1 aromatic heterocycles. The Hall–Kier alpha value is -0.740. The van der Waals surface area contributed by atoms with Gasteiger partial charge < -0.3 is 10.1 Å². The summed E-state index contributed by atoms with van der Waals surface area (Å²) in [5, 5.41) is 5.49. The van der Waals surface area contributed by atoms with Crippen molar-refractivity contribution in [3.05, 3.63) is 50.1 Å². The van der Waals surface area contributed by atoms with Crippen LogP contribution in [-0.4, -0.2) is 7.11 Å². The molecule has 0 radical (unpaired) electrons. The van der Waals surface area contributed by atoms with Crippen LogP contribution in [0.2, 0.25) is 10.0 Å². The third-order valence-electron chi connectivity index (χ3n) is 2.58. The summed E-state index contributed by atoms with van der Waals surface area (Å²) < 4.78 is 5.31. The van der Waals surface area contributed by atoms with Gasteiger partial charge in [0.05, 0.1) is 22.6 Å². The minimum Gasteiger partial charge on any atom is -0.495 e. The van der Waals surface area contributed by atoms with Gasteiger partial charge in [0.25, 0.3) is 0 Å². The Morgan fingerprint density at radius 2 is 2.11 bits per heavy atom. The van der Waals surface area contributed by atoms with Gasteiger partial charge in [-0.15, -0.1) is 11.3 Å². The predicted molar refractivity (Wildman–Crippen MR) is 76.7 cm³/mol. The van der Waals surface area contributed by atoms with Gasteiger partial charge in [-0.3, -0.25) is 0 Å². The standard InChI is InChI=1S/C13H13Cl2NOS/c1-17-13-9(5-10(14)6-12(13)15)7-16-8-11-3-2-4-18-11/h2-6,16H,7-8H2,1H3/p+1. The van der Waals surface area contributed by atoms with Gasteiger partial charge in [0, 0.05) is 5.02 Å². The molecule has 0 aliphatic carbocycles. The molecule has 0 saturated carbocycles. The van der Waals surface area contributed by atoms with Gasteiger partial charge in [0.2, 0.25) is 0 Å². The Morgan fingerprint density at radius 1 is 1.28 bits per heavy atom. The maximum Gasteiger partial charge on any atom is 0.146 e. The molecule has 0 atom stereocenters. The number of methoxy groups -OCH3 is 1. The van der Waals surface area contributed by atoms with Crippen molar-refractivity contribution in [2.75, 3.05) is 7.11 Å². The molecule has 2 nitrogen and oxygen atoms in total. The lowest BCUT2D eigenvalue weighted by Crippen LogP contribution is -2.80. The number of rotatable bonds is 5. The van der Waals surface area contributed by atoms with Gasteiger partial charge in [-0.25, -0.2) is 0 Å². The van der Waals surface area contributed by atoms with E-state index in [1.807, 2.05) is 6.07 Å². The average Bonchev–Trinajstić information content (AvgIpc) is 2.81. The summed E-state index contributed by atoms with van der Waals surface area (Å²) >= 11 is 13.9. The second kappa shape index (κ2) is 6.43. The molecule has 5 heteroatoms. The van der Waals surface area contributed by atoms with E-state index in [0.717, 1.165) is 18.7 Å². The molecule has 96 valence electrons. The summed E-state index contributed by atoms with van der Waals surface area (Å²) in [6, 6.07) is 7.79. The van der Waals surface area contributed by atoms with Crippen LogP contribution in [-0.2, 0) is 13.1 Å². The van der Waals surface area contributed by atoms with Crippen LogP contribution >= 0.6 is 34.5 Å². The smallest absolute Gasteiger partial charge is 0.146 e. The number of benzene rings is 1. The summed E-state index contributed by atoms with van der Waals surface area (Å²) in [7, 11) is 1.62. The summed E-state index contributed by atoms with van der Waals surface area (Å²) in [6.45, 7) is 1.74. The lowest BCUT2D eigenvalue weighted by Gasteiger charge is -2.10. The topological polar surface area (TPSA) is 25.8 Å². The molecule has 0 fully saturated rings. The fraction of sp³-hybridized carbons (Fsp3) is 0.231. The van der Waals surface area contributed by atoms with Crippen LogP contribution in [0.1, 0.15) is 10.4 Å². The molecule has 0 aliphatic heterocycles. The van der Waals surface area contributed by atoms with E-state index in [-0.39, 0.29) is 0 Å². The minimum absolute atomic E-state index is 0.560. The number of thiophene rings is 1. The third kappa shape index (κ3) is 3.39. The minimum atomic E-state index is 0.560. The van der Waals surface area contributed by atoms with Crippen molar-refractivity contribution < 1.29 is 10.1 Å². The van der Waals surface area contributed by atoms with Crippen molar-refractivity contribution >= 4 is 34.5 Å². The highest BCUT2D eigenvalue weighted by Crippen LogP contribution is 2.31. The Balaban J connectivity index is 2.04. The van der Waals surface area contributed by atoms with E-state index in [1.165, 1.54) is 4.88 Å². The van der Waals surface area contributed by atoms with E-state index >= 15 is 0 Å². The second-order valence-electron chi connectivity index (χ2n) is 3.86. The van der Waals surface area contributed by atoms with E-state index < -0.39 is 0 Å². The van der Waals surface area contributed by atoms with Crippen molar-refractivity contribution in [2.24, 2.45) is 0 Å². The largest absolute Gasteiger partial charge is 0.495 e. The van der Waals surface area contributed by atoms with Gasteiger partial charge in [-0.2, -0.15) is 0 Å². The summed E-state index contributed by atoms with van der Waals surface area (Å²) in [6.07, 6.45) is 0. The molecule has 0 unspecified atom stereocenters. The fourth-order valence-corrected chi connectivity index (χ4v) is 3.11. The highest BCUT2D eigenvalue weighted by atomic mass is 35.5. The van der Waals surface area contributed by atoms with E-state index in [1.54, 1.807) is 24.5 Å². The highest BCUT2D eigenvalue weighted by Gasteiger charge is 2.11. The van der Waals surface area contributed by atoms with Crippen LogP contribution in [0.25, 0.3) is 0 Å². The van der Waals surface area contributed by atoms with Crippen molar-refractivity contribution in [3.63, 3.8) is 0 Å². The highest BCUT2D eigenvalue weighted by molar-refractivity contribution is 7.09. The first-order chi connectivity index (χ1) is 8.70. The van der Waals surface area contributed by atoms with Crippen LogP contribution in [0.5, 0.6) is 5.75 Å². The zero-order valence-electron chi connectivity index (χ0n) is 9.95. The number of nitrogens with two attached hydrogens (primary N) is 1. The Bertz CT molecular complexity index is 514. The average molecular weight is 303 g/mol. The molecule has 2 rings (SSSR count). The van der Waals surface area contributed by atoms with Gasteiger partial charge in [-0.05, 0) is 23.6 Å². The molecule has 0 bridgehead atoms. The maximum absolute atomic E-state index is 6.09. The van der Waals surface area contributed by atoms with Gasteiger partial charge in [0.1, 0.15) is 18.8 Å². The Labute approximate surface area is 120 Å². The predicted octanol–water partition coefficient (Wildman–Crippen LogP) is 3.33. The molecule has 2 N–H and O–H groups in total. The molecular weight excluding hydrogens is 289 g/mol. The molecule has 0 aliphatic rings. The third-order valence-corrected chi connectivity index (χ3v) is 3.98. The lowest BCUT2D eigenvalue weighted by molar-refractivity contribution is -0.685. The first kappa shape index (κ1) is 13.7. The zero-order valence-corrected chi connectivity index (χ0v) is 12.3. The number of ether oxygens (including phenoxy) is 1. The second-order valence-corrected chi connectivity index (χ2v) is 5.73. The number of halogens is 2. The lowest BCUT2D eigenvalue weighted by atomic mass is 10.2. The molecule has 1 heterocycles. The van der Waals surface area contributed by atoms with Gasteiger partial charge >= 0.3 is 0 Å². The first-order valence-electron chi connectivity index (χ1n) is 5.56. The molecule has 0 amide bonds. The van der Waals surface area contributed by atoms with Crippen LogP contribution in [0, 0.1) is 0 Å². The molecule has 2 aromatic rings. The molecule has 1 aromatic carbocycles. The maximum atomic E-state index is 6.09. The van der Waals surface area contributed by atoms with Crippen LogP contribution in [0.15, 0.2) is 29.6 Å². The SMILES string of the molecule is COc1c(Cl)cc(Cl)cc1C[NH2+]Cc1cccs1. The van der Waals surface area contributed by atoms with Crippen molar-refractivity contribution in [3.8, 4) is 5.75 Å². The van der Waals surface area contributed by atoms with E-state index in [0.29, 0.717) is 15.8 Å². The van der Waals surface area contributed by atoms with Gasteiger partial charge in [0.15, 0.2) is 0 Å². The number of hydrogen-bond acceptors (Lipinski definition) is 2. The van der Waals surface area contributed by atoms with E-state index in [9.17, 15) is 0 Å². The van der Waals surface area contributed by atoms with E-state index in [4.69, 9.17) is 27.9 Å². The summed E-state index contributed by atoms with van der Waals surface area (Å²) in [5.41, 5.74) is 1.02. The normalized spacial score (nSPS) is 10.6. The van der Waals surface area contributed by atoms with Crippen molar-refractivity contribution in [2.45, 2.75) is 13.1 Å². The first-order valence-corrected chi connectivity index (χ1v) is 7.20. The zero-order chi connectivity index (χ0) is 13.0. The number of quaternary nitrogens is 1. The fourth-order valence-electron chi connectivity index (χ4n) is 1.79. The quantitative estimate of drug-likeness (QED) is 0.901. The van der Waals surface area contributed by atoms with Crippen molar-refractivity contribution in [1.82, 2.24) is 0 Å². The molecule has 0 saturated heterocycles. The summed E-state index contributed by atoms with van der Waals surface area (Å²) in [4.78, 5) is 1.35. The summed E-state index contributed by atoms with van der Waals surface area (Å²) in [5.74, 6) is 0.712. The van der Waals surface area contributed by atoms with Crippen LogP contribution in [0.4, 0.5) is 0 Å². The van der Waals surface area contributed by atoms with Crippen molar-refractivity contribution in [1.29, 1.82) is 0 Å². The van der Waals surface area contributed by atoms with Crippen LogP contribution in [0.3, 0.4) is 0 Å². The Kier molecular flexibility index (Phi) is 4.89. The monoisotopic (exact) mass is 302 g/mol. The number of hydrogen-bond donors (Lipinski definition) is 1. The molecule has 18 heavy (non-hydrogen) atoms. The van der Waals surface area contributed by atoms with Crippen LogP contribution < -0.4 is 10.1 Å². The molecule has 0 spiro atoms.